The van der Waals surface area contributed by atoms with Crippen molar-refractivity contribution in [1.82, 2.24) is 10.2 Å². The van der Waals surface area contributed by atoms with Crippen molar-refractivity contribution >= 4 is 23.4 Å². The van der Waals surface area contributed by atoms with E-state index < -0.39 is 6.04 Å². The smallest absolute Gasteiger partial charge is 0.242 e. The molecular formula is C28H29ClN2O6. The highest BCUT2D eigenvalue weighted by Gasteiger charge is 2.26. The van der Waals surface area contributed by atoms with Crippen molar-refractivity contribution in [1.29, 1.82) is 0 Å². The highest BCUT2D eigenvalue weighted by Crippen LogP contribution is 2.32. The number of nitrogens with zero attached hydrogens (tertiary/aromatic N) is 1. The van der Waals surface area contributed by atoms with E-state index in [0.717, 1.165) is 16.7 Å². The molecule has 1 unspecified atom stereocenters. The van der Waals surface area contributed by atoms with Gasteiger partial charge in [-0.15, -0.1) is 0 Å². The average molecular weight is 525 g/mol. The predicted molar refractivity (Wildman–Crippen MR) is 139 cm³/mol. The van der Waals surface area contributed by atoms with Gasteiger partial charge in [0, 0.05) is 18.1 Å². The fourth-order valence-corrected chi connectivity index (χ4v) is 4.15. The summed E-state index contributed by atoms with van der Waals surface area (Å²) in [5, 5.41) is 3.53. The zero-order valence-electron chi connectivity index (χ0n) is 21.0. The highest BCUT2D eigenvalue weighted by molar-refractivity contribution is 6.30. The molecule has 3 aromatic carbocycles. The summed E-state index contributed by atoms with van der Waals surface area (Å²) >= 11 is 6.04. The number of benzene rings is 3. The van der Waals surface area contributed by atoms with E-state index in [1.807, 2.05) is 36.4 Å². The zero-order valence-corrected chi connectivity index (χ0v) is 21.7. The van der Waals surface area contributed by atoms with E-state index in [9.17, 15) is 9.59 Å². The first-order chi connectivity index (χ1) is 17.9. The van der Waals surface area contributed by atoms with Crippen LogP contribution in [0.25, 0.3) is 0 Å². The molecule has 2 amide bonds. The van der Waals surface area contributed by atoms with Crippen LogP contribution in [0.4, 0.5) is 0 Å². The lowest BCUT2D eigenvalue weighted by molar-refractivity contribution is -0.140. The van der Waals surface area contributed by atoms with Gasteiger partial charge in [-0.05, 0) is 60.0 Å². The molecule has 0 bridgehead atoms. The van der Waals surface area contributed by atoms with Crippen LogP contribution in [-0.2, 0) is 29.1 Å². The summed E-state index contributed by atoms with van der Waals surface area (Å²) in [6.07, 6.45) is 0.0910. The van der Waals surface area contributed by atoms with Gasteiger partial charge in [-0.25, -0.2) is 0 Å². The molecule has 1 heterocycles. The molecule has 0 saturated carbocycles. The minimum atomic E-state index is -0.725. The number of hydrogen-bond acceptors (Lipinski definition) is 6. The molecule has 9 heteroatoms. The average Bonchev–Trinajstić information content (AvgIpc) is 3.39. The molecule has 0 radical (unpaired) electrons. The van der Waals surface area contributed by atoms with Gasteiger partial charge < -0.3 is 29.2 Å². The number of carbonyl (C=O) groups excluding carboxylic acids is 2. The highest BCUT2D eigenvalue weighted by atomic mass is 35.5. The van der Waals surface area contributed by atoms with Gasteiger partial charge >= 0.3 is 0 Å². The first-order valence-electron chi connectivity index (χ1n) is 11.8. The topological polar surface area (TPSA) is 86.3 Å². The van der Waals surface area contributed by atoms with Crippen LogP contribution in [0.5, 0.6) is 23.0 Å². The number of ether oxygens (including phenoxy) is 4. The number of hydrogen-bond donors (Lipinski definition) is 1. The Morgan fingerprint density at radius 2 is 1.59 bits per heavy atom. The first-order valence-corrected chi connectivity index (χ1v) is 12.2. The van der Waals surface area contributed by atoms with E-state index in [0.29, 0.717) is 34.6 Å². The largest absolute Gasteiger partial charge is 0.493 e. The molecule has 0 saturated heterocycles. The molecule has 0 aliphatic carbocycles. The van der Waals surface area contributed by atoms with E-state index in [4.69, 9.17) is 30.5 Å². The molecular weight excluding hydrogens is 496 g/mol. The van der Waals surface area contributed by atoms with Crippen LogP contribution in [-0.4, -0.2) is 43.8 Å². The summed E-state index contributed by atoms with van der Waals surface area (Å²) in [5.41, 5.74) is 2.47. The van der Waals surface area contributed by atoms with Crippen molar-refractivity contribution in [2.24, 2.45) is 0 Å². The van der Waals surface area contributed by atoms with Gasteiger partial charge in [-0.1, -0.05) is 35.9 Å². The van der Waals surface area contributed by atoms with Crippen molar-refractivity contribution in [2.75, 3.05) is 21.0 Å². The molecule has 194 valence electrons. The van der Waals surface area contributed by atoms with Crippen LogP contribution in [0, 0.1) is 0 Å². The Morgan fingerprint density at radius 3 is 2.32 bits per heavy atom. The molecule has 4 rings (SSSR count). The molecule has 0 aromatic heterocycles. The van der Waals surface area contributed by atoms with Crippen molar-refractivity contribution in [2.45, 2.75) is 32.5 Å². The summed E-state index contributed by atoms with van der Waals surface area (Å²) < 4.78 is 21.4. The number of methoxy groups -OCH3 is 2. The van der Waals surface area contributed by atoms with Gasteiger partial charge in [0.2, 0.25) is 18.6 Å². The Bertz CT molecular complexity index is 1260. The minimum Gasteiger partial charge on any atom is -0.493 e. The molecule has 1 N–H and O–H groups in total. The third kappa shape index (κ3) is 6.46. The van der Waals surface area contributed by atoms with Crippen LogP contribution in [0.1, 0.15) is 23.6 Å². The monoisotopic (exact) mass is 524 g/mol. The first kappa shape index (κ1) is 26.2. The molecule has 3 aromatic rings. The summed E-state index contributed by atoms with van der Waals surface area (Å²) in [7, 11) is 3.10. The zero-order chi connectivity index (χ0) is 26.4. The lowest BCUT2D eigenvalue weighted by atomic mass is 10.1. The van der Waals surface area contributed by atoms with Crippen molar-refractivity contribution < 1.29 is 28.5 Å². The fourth-order valence-electron chi connectivity index (χ4n) is 4.02. The van der Waals surface area contributed by atoms with Gasteiger partial charge in [-0.3, -0.25) is 9.59 Å². The maximum Gasteiger partial charge on any atom is 0.242 e. The third-order valence-electron chi connectivity index (χ3n) is 6.14. The number of halogens is 1. The number of rotatable bonds is 10. The van der Waals surface area contributed by atoms with E-state index in [1.165, 1.54) is 0 Å². The minimum absolute atomic E-state index is 0.0910. The second kappa shape index (κ2) is 11.9. The number of nitrogens with one attached hydrogen (secondary N) is 1. The van der Waals surface area contributed by atoms with E-state index in [1.54, 1.807) is 50.3 Å². The quantitative estimate of drug-likeness (QED) is 0.424. The van der Waals surface area contributed by atoms with Crippen LogP contribution >= 0.6 is 11.6 Å². The Balaban J connectivity index is 1.49. The normalized spacial score (nSPS) is 12.5. The maximum absolute atomic E-state index is 13.5. The molecule has 1 aliphatic heterocycles. The fraction of sp³-hybridized carbons (Fsp3) is 0.286. The van der Waals surface area contributed by atoms with Crippen molar-refractivity contribution in [3.05, 3.63) is 82.4 Å². The summed E-state index contributed by atoms with van der Waals surface area (Å²) in [6, 6.07) is 17.3. The SMILES string of the molecule is COc1ccc(CC(=O)N(Cc2ccc(Cl)cc2)C(C)C(=O)NCc2ccc3c(c2)OCO3)cc1OC. The maximum atomic E-state index is 13.5. The number of amides is 2. The standard InChI is InChI=1S/C28H29ClN2O6/c1-18(28(33)30-15-21-7-11-24-26(13-21)37-17-36-24)31(16-19-4-8-22(29)9-5-19)27(32)14-20-6-10-23(34-2)25(12-20)35-3/h4-13,18H,14-17H2,1-3H3,(H,30,33). The molecule has 0 spiro atoms. The summed E-state index contributed by atoms with van der Waals surface area (Å²) in [6.45, 7) is 2.45. The van der Waals surface area contributed by atoms with Gasteiger partial charge in [-0.2, -0.15) is 0 Å². The van der Waals surface area contributed by atoms with E-state index in [-0.39, 0.29) is 31.6 Å². The van der Waals surface area contributed by atoms with Crippen LogP contribution in [0.15, 0.2) is 60.7 Å². The van der Waals surface area contributed by atoms with Gasteiger partial charge in [0.1, 0.15) is 6.04 Å². The van der Waals surface area contributed by atoms with Crippen LogP contribution < -0.4 is 24.3 Å². The molecule has 0 fully saturated rings. The second-order valence-corrected chi connectivity index (χ2v) is 9.03. The molecule has 37 heavy (non-hydrogen) atoms. The Labute approximate surface area is 221 Å². The van der Waals surface area contributed by atoms with E-state index >= 15 is 0 Å². The van der Waals surface area contributed by atoms with Crippen LogP contribution in [0.2, 0.25) is 5.02 Å². The van der Waals surface area contributed by atoms with E-state index in [2.05, 4.69) is 5.32 Å². The number of carbonyl (C=O) groups is 2. The molecule has 1 aliphatic rings. The molecule has 1 atom stereocenters. The summed E-state index contributed by atoms with van der Waals surface area (Å²) in [4.78, 5) is 28.2. The second-order valence-electron chi connectivity index (χ2n) is 8.60. The summed E-state index contributed by atoms with van der Waals surface area (Å²) in [5.74, 6) is 1.97. The predicted octanol–water partition coefficient (Wildman–Crippen LogP) is 4.36. The van der Waals surface area contributed by atoms with Gasteiger partial charge in [0.25, 0.3) is 0 Å². The number of fused-ring (bicyclic) bond motifs is 1. The van der Waals surface area contributed by atoms with Gasteiger partial charge in [0.05, 0.1) is 20.6 Å². The lowest BCUT2D eigenvalue weighted by Gasteiger charge is -2.29. The molecule has 8 nitrogen and oxygen atoms in total. The van der Waals surface area contributed by atoms with Crippen molar-refractivity contribution in [3.8, 4) is 23.0 Å². The van der Waals surface area contributed by atoms with Gasteiger partial charge in [0.15, 0.2) is 23.0 Å². The van der Waals surface area contributed by atoms with Crippen LogP contribution in [0.3, 0.4) is 0 Å². The third-order valence-corrected chi connectivity index (χ3v) is 6.39. The Hall–Kier alpha value is -3.91. The Morgan fingerprint density at radius 1 is 0.919 bits per heavy atom. The lowest BCUT2D eigenvalue weighted by Crippen LogP contribution is -2.48. The Kier molecular flexibility index (Phi) is 8.40. The van der Waals surface area contributed by atoms with Crippen molar-refractivity contribution in [3.63, 3.8) is 0 Å².